The molecule has 1 aliphatic carbocycles. The van der Waals surface area contributed by atoms with Crippen molar-refractivity contribution in [2.75, 3.05) is 7.11 Å². The number of carbonyl (C=O) groups is 1. The monoisotopic (exact) mass is 407 g/mol. The first-order valence-electron chi connectivity index (χ1n) is 10.1. The highest BCUT2D eigenvalue weighted by Crippen LogP contribution is 2.36. The first-order valence-corrected chi connectivity index (χ1v) is 10.1. The van der Waals surface area contributed by atoms with E-state index < -0.39 is 10.9 Å². The Hall–Kier alpha value is -3.41. The van der Waals surface area contributed by atoms with Gasteiger partial charge in [-0.15, -0.1) is 0 Å². The van der Waals surface area contributed by atoms with Crippen LogP contribution in [0.2, 0.25) is 0 Å². The molecule has 6 heteroatoms. The molecule has 0 saturated heterocycles. The normalized spacial score (nSPS) is 15.2. The molecular formula is C24H25NO5. The highest BCUT2D eigenvalue weighted by Gasteiger charge is 2.18. The number of allylic oxidation sites excluding steroid dienone is 3. The van der Waals surface area contributed by atoms with Gasteiger partial charge in [0.05, 0.1) is 12.0 Å². The Balaban J connectivity index is 1.72. The van der Waals surface area contributed by atoms with E-state index in [4.69, 9.17) is 9.47 Å². The number of benzene rings is 2. The number of ether oxygens (including phenoxy) is 2. The lowest BCUT2D eigenvalue weighted by Gasteiger charge is -2.25. The fraction of sp³-hybridized carbons (Fsp3) is 0.292. The van der Waals surface area contributed by atoms with Crippen LogP contribution in [0.25, 0.3) is 5.57 Å². The van der Waals surface area contributed by atoms with E-state index in [0.717, 1.165) is 24.2 Å². The number of rotatable bonds is 7. The van der Waals surface area contributed by atoms with Crippen LogP contribution in [-0.4, -0.2) is 18.0 Å². The second-order valence-corrected chi connectivity index (χ2v) is 7.22. The van der Waals surface area contributed by atoms with Crippen LogP contribution in [0.1, 0.15) is 37.7 Å². The Morgan fingerprint density at radius 3 is 2.23 bits per heavy atom. The molecule has 0 radical (unpaired) electrons. The SMILES string of the molecule is COc1ccc(C(=CC=CC(=O)Oc2ccc([N+](=O)[O-])cc2)C2CCCCC2)cc1. The molecule has 2 aromatic rings. The van der Waals surface area contributed by atoms with Gasteiger partial charge in [0, 0.05) is 18.2 Å². The van der Waals surface area contributed by atoms with Crippen molar-refractivity contribution in [1.82, 2.24) is 0 Å². The summed E-state index contributed by atoms with van der Waals surface area (Å²) < 4.78 is 10.5. The summed E-state index contributed by atoms with van der Waals surface area (Å²) in [6.45, 7) is 0. The number of carbonyl (C=O) groups excluding carboxylic acids is 1. The molecule has 156 valence electrons. The minimum absolute atomic E-state index is 0.0510. The van der Waals surface area contributed by atoms with Crippen LogP contribution in [0.3, 0.4) is 0 Å². The molecular weight excluding hydrogens is 382 g/mol. The van der Waals surface area contributed by atoms with Crippen LogP contribution in [-0.2, 0) is 4.79 Å². The van der Waals surface area contributed by atoms with Gasteiger partial charge in [0.15, 0.2) is 0 Å². The molecule has 0 spiro atoms. The van der Waals surface area contributed by atoms with Crippen molar-refractivity contribution in [3.63, 3.8) is 0 Å². The number of hydrogen-bond donors (Lipinski definition) is 0. The standard InChI is InChI=1S/C24H25NO5/c1-29-21-14-10-19(11-15-21)23(18-6-3-2-4-7-18)8-5-9-24(26)30-22-16-12-20(13-17-22)25(27)28/h5,8-18H,2-4,6-7H2,1H3. The number of nitro groups is 1. The summed E-state index contributed by atoms with van der Waals surface area (Å²) >= 11 is 0. The predicted octanol–water partition coefficient (Wildman–Crippen LogP) is 5.73. The Labute approximate surface area is 176 Å². The van der Waals surface area contributed by atoms with Crippen molar-refractivity contribution in [2.24, 2.45) is 5.92 Å². The van der Waals surface area contributed by atoms with E-state index in [2.05, 4.69) is 0 Å². The van der Waals surface area contributed by atoms with Crippen molar-refractivity contribution in [2.45, 2.75) is 32.1 Å². The van der Waals surface area contributed by atoms with Gasteiger partial charge >= 0.3 is 5.97 Å². The lowest BCUT2D eigenvalue weighted by atomic mass is 9.81. The average molecular weight is 407 g/mol. The Morgan fingerprint density at radius 1 is 1.00 bits per heavy atom. The molecule has 1 saturated carbocycles. The minimum Gasteiger partial charge on any atom is -0.497 e. The molecule has 0 heterocycles. The van der Waals surface area contributed by atoms with Gasteiger partial charge in [-0.25, -0.2) is 4.79 Å². The molecule has 1 aliphatic rings. The third-order valence-corrected chi connectivity index (χ3v) is 5.24. The van der Waals surface area contributed by atoms with Crippen molar-refractivity contribution < 1.29 is 19.2 Å². The van der Waals surface area contributed by atoms with Crippen molar-refractivity contribution >= 4 is 17.2 Å². The van der Waals surface area contributed by atoms with E-state index in [1.54, 1.807) is 13.2 Å². The van der Waals surface area contributed by atoms with Gasteiger partial charge in [0.1, 0.15) is 11.5 Å². The lowest BCUT2D eigenvalue weighted by molar-refractivity contribution is -0.384. The fourth-order valence-electron chi connectivity index (χ4n) is 3.68. The smallest absolute Gasteiger partial charge is 0.336 e. The van der Waals surface area contributed by atoms with Crippen molar-refractivity contribution in [1.29, 1.82) is 0 Å². The number of hydrogen-bond acceptors (Lipinski definition) is 5. The van der Waals surface area contributed by atoms with Crippen LogP contribution in [0, 0.1) is 16.0 Å². The zero-order valence-electron chi connectivity index (χ0n) is 17.0. The molecule has 0 aromatic heterocycles. The summed E-state index contributed by atoms with van der Waals surface area (Å²) in [5.41, 5.74) is 2.28. The second kappa shape index (κ2) is 10.4. The van der Waals surface area contributed by atoms with Gasteiger partial charge in [0.25, 0.3) is 5.69 Å². The van der Waals surface area contributed by atoms with E-state index in [-0.39, 0.29) is 11.4 Å². The molecule has 0 N–H and O–H groups in total. The number of methoxy groups -OCH3 is 1. The summed E-state index contributed by atoms with van der Waals surface area (Å²) in [6.07, 6.45) is 11.0. The highest BCUT2D eigenvalue weighted by atomic mass is 16.6. The zero-order chi connectivity index (χ0) is 21.3. The fourth-order valence-corrected chi connectivity index (χ4v) is 3.68. The number of esters is 1. The van der Waals surface area contributed by atoms with Gasteiger partial charge < -0.3 is 9.47 Å². The molecule has 1 fully saturated rings. The molecule has 0 amide bonds. The number of nitro benzene ring substituents is 1. The van der Waals surface area contributed by atoms with Gasteiger partial charge in [-0.3, -0.25) is 10.1 Å². The molecule has 3 rings (SSSR count). The summed E-state index contributed by atoms with van der Waals surface area (Å²) in [7, 11) is 1.65. The maximum absolute atomic E-state index is 12.1. The van der Waals surface area contributed by atoms with Crippen LogP contribution in [0.4, 0.5) is 5.69 Å². The Bertz CT molecular complexity index is 923. The van der Waals surface area contributed by atoms with E-state index in [1.165, 1.54) is 55.2 Å². The molecule has 0 aliphatic heterocycles. The predicted molar refractivity (Wildman–Crippen MR) is 115 cm³/mol. The van der Waals surface area contributed by atoms with Gasteiger partial charge in [-0.1, -0.05) is 43.5 Å². The first kappa shape index (κ1) is 21.3. The largest absolute Gasteiger partial charge is 0.497 e. The van der Waals surface area contributed by atoms with Crippen molar-refractivity contribution in [3.05, 3.63) is 82.4 Å². The highest BCUT2D eigenvalue weighted by molar-refractivity contribution is 5.85. The van der Waals surface area contributed by atoms with Crippen molar-refractivity contribution in [3.8, 4) is 11.5 Å². The maximum atomic E-state index is 12.1. The van der Waals surface area contributed by atoms with E-state index in [0.29, 0.717) is 5.92 Å². The van der Waals surface area contributed by atoms with Crippen LogP contribution in [0.5, 0.6) is 11.5 Å². The molecule has 0 unspecified atom stereocenters. The summed E-state index contributed by atoms with van der Waals surface area (Å²) in [5, 5.41) is 10.7. The topological polar surface area (TPSA) is 78.7 Å². The Morgan fingerprint density at radius 2 is 1.63 bits per heavy atom. The third kappa shape index (κ3) is 5.80. The average Bonchev–Trinajstić information content (AvgIpc) is 2.78. The second-order valence-electron chi connectivity index (χ2n) is 7.22. The summed E-state index contributed by atoms with van der Waals surface area (Å²) in [4.78, 5) is 22.3. The van der Waals surface area contributed by atoms with Gasteiger partial charge in [-0.05, 0) is 54.2 Å². The number of nitrogens with zero attached hydrogens (tertiary/aromatic N) is 1. The lowest BCUT2D eigenvalue weighted by Crippen LogP contribution is -2.08. The molecule has 30 heavy (non-hydrogen) atoms. The molecule has 0 bridgehead atoms. The maximum Gasteiger partial charge on any atom is 0.336 e. The zero-order valence-corrected chi connectivity index (χ0v) is 17.0. The first-order chi connectivity index (χ1) is 14.6. The van der Waals surface area contributed by atoms with Gasteiger partial charge in [-0.2, -0.15) is 0 Å². The van der Waals surface area contributed by atoms with Crippen LogP contribution in [0.15, 0.2) is 66.8 Å². The molecule has 0 atom stereocenters. The van der Waals surface area contributed by atoms with Crippen LogP contribution < -0.4 is 9.47 Å². The van der Waals surface area contributed by atoms with Gasteiger partial charge in [0.2, 0.25) is 0 Å². The molecule has 2 aromatic carbocycles. The van der Waals surface area contributed by atoms with E-state index in [9.17, 15) is 14.9 Å². The van der Waals surface area contributed by atoms with Crippen LogP contribution >= 0.6 is 0 Å². The third-order valence-electron chi connectivity index (χ3n) is 5.24. The quantitative estimate of drug-likeness (QED) is 0.146. The summed E-state index contributed by atoms with van der Waals surface area (Å²) in [6, 6.07) is 13.4. The molecule has 6 nitrogen and oxygen atoms in total. The Kier molecular flexibility index (Phi) is 7.38. The summed E-state index contributed by atoms with van der Waals surface area (Å²) in [5.74, 6) is 1.01. The van der Waals surface area contributed by atoms with E-state index >= 15 is 0 Å². The number of non-ortho nitro benzene ring substituents is 1. The minimum atomic E-state index is -0.530. The van der Waals surface area contributed by atoms with E-state index in [1.807, 2.05) is 30.3 Å².